The number of para-hydroxylation sites is 1. The number of thioether (sulfide) groups is 1. The number of thiocarbonyl (C=S) groups is 1. The monoisotopic (exact) mass is 420 g/mol. The summed E-state index contributed by atoms with van der Waals surface area (Å²) in [7, 11) is 1.58. The number of anilines is 1. The first-order valence-electron chi connectivity index (χ1n) is 7.96. The Hall–Kier alpha value is -2.30. The van der Waals surface area contributed by atoms with E-state index in [1.165, 1.54) is 28.0 Å². The van der Waals surface area contributed by atoms with Crippen molar-refractivity contribution in [2.24, 2.45) is 0 Å². The van der Waals surface area contributed by atoms with Gasteiger partial charge in [-0.2, -0.15) is 0 Å². The summed E-state index contributed by atoms with van der Waals surface area (Å²) in [5, 5.41) is 11.6. The van der Waals surface area contributed by atoms with E-state index in [-0.39, 0.29) is 24.8 Å². The molecule has 1 fully saturated rings. The van der Waals surface area contributed by atoms with Crippen molar-refractivity contribution in [2.75, 3.05) is 19.0 Å². The zero-order chi connectivity index (χ0) is 19.4. The van der Waals surface area contributed by atoms with Crippen molar-refractivity contribution in [1.82, 2.24) is 15.1 Å². The van der Waals surface area contributed by atoms with Gasteiger partial charge >= 0.3 is 0 Å². The molecule has 140 valence electrons. The van der Waals surface area contributed by atoms with Crippen molar-refractivity contribution in [1.29, 1.82) is 0 Å². The van der Waals surface area contributed by atoms with Gasteiger partial charge in [0.2, 0.25) is 11.0 Å². The molecule has 0 unspecified atom stereocenters. The van der Waals surface area contributed by atoms with Crippen LogP contribution in [0.4, 0.5) is 5.13 Å². The maximum absolute atomic E-state index is 12.7. The van der Waals surface area contributed by atoms with Crippen molar-refractivity contribution in [3.63, 3.8) is 0 Å². The second-order valence-corrected chi connectivity index (χ2v) is 8.36. The summed E-state index contributed by atoms with van der Waals surface area (Å²) in [5.41, 5.74) is 0.796. The second kappa shape index (κ2) is 8.59. The molecule has 1 aliphatic rings. The second-order valence-electron chi connectivity index (χ2n) is 5.50. The Morgan fingerprint density at radius 3 is 2.85 bits per heavy atom. The van der Waals surface area contributed by atoms with Crippen LogP contribution >= 0.6 is 35.3 Å². The van der Waals surface area contributed by atoms with Gasteiger partial charge in [-0.05, 0) is 19.1 Å². The number of carbonyl (C=O) groups excluding carboxylic acids is 2. The van der Waals surface area contributed by atoms with Crippen molar-refractivity contribution in [3.8, 4) is 5.75 Å². The van der Waals surface area contributed by atoms with Crippen LogP contribution in [0.1, 0.15) is 17.0 Å². The highest BCUT2D eigenvalue weighted by molar-refractivity contribution is 8.26. The largest absolute Gasteiger partial charge is 0.496 e. The number of rotatable bonds is 6. The highest BCUT2D eigenvalue weighted by Crippen LogP contribution is 2.34. The highest BCUT2D eigenvalue weighted by Gasteiger charge is 2.32. The van der Waals surface area contributed by atoms with Crippen LogP contribution in [0.3, 0.4) is 0 Å². The Bertz CT molecular complexity index is 926. The van der Waals surface area contributed by atoms with Crippen LogP contribution < -0.4 is 10.1 Å². The molecule has 2 heterocycles. The van der Waals surface area contributed by atoms with E-state index in [1.807, 2.05) is 31.2 Å². The van der Waals surface area contributed by atoms with E-state index in [1.54, 1.807) is 13.2 Å². The smallest absolute Gasteiger partial charge is 0.266 e. The molecule has 0 atom stereocenters. The molecule has 10 heteroatoms. The minimum Gasteiger partial charge on any atom is -0.496 e. The predicted molar refractivity (Wildman–Crippen MR) is 111 cm³/mol. The number of amides is 2. The van der Waals surface area contributed by atoms with E-state index < -0.39 is 0 Å². The predicted octanol–water partition coefficient (Wildman–Crippen LogP) is 3.09. The number of aromatic nitrogens is 2. The number of hydrogen-bond acceptors (Lipinski definition) is 8. The first-order chi connectivity index (χ1) is 13.0. The summed E-state index contributed by atoms with van der Waals surface area (Å²) in [6, 6.07) is 7.42. The van der Waals surface area contributed by atoms with Gasteiger partial charge in [0, 0.05) is 18.5 Å². The first kappa shape index (κ1) is 19.5. The number of nitrogens with one attached hydrogen (secondary N) is 1. The van der Waals surface area contributed by atoms with E-state index in [2.05, 4.69) is 15.5 Å². The summed E-state index contributed by atoms with van der Waals surface area (Å²) in [6.07, 6.45) is 1.87. The average Bonchev–Trinajstić information content (AvgIpc) is 3.16. The Morgan fingerprint density at radius 2 is 2.15 bits per heavy atom. The standard InChI is InChI=1S/C17H16N4O3S3/c1-10-19-20-16(26-10)18-14(22)7-8-21-15(23)13(27-17(21)25)9-11-5-3-4-6-12(11)24-2/h3-6,9H,7-8H2,1-2H3,(H,18,20,22)/b13-9+. The lowest BCUT2D eigenvalue weighted by Crippen LogP contribution is -2.31. The third-order valence-electron chi connectivity index (χ3n) is 3.63. The van der Waals surface area contributed by atoms with Gasteiger partial charge in [0.1, 0.15) is 15.1 Å². The minimum absolute atomic E-state index is 0.118. The molecule has 3 rings (SSSR count). The fourth-order valence-corrected chi connectivity index (χ4v) is 4.27. The fourth-order valence-electron chi connectivity index (χ4n) is 2.36. The van der Waals surface area contributed by atoms with Crippen LogP contribution in [0.15, 0.2) is 29.2 Å². The molecule has 7 nitrogen and oxygen atoms in total. The summed E-state index contributed by atoms with van der Waals surface area (Å²) in [4.78, 5) is 26.6. The lowest BCUT2D eigenvalue weighted by atomic mass is 10.2. The molecule has 1 aliphatic heterocycles. The number of benzene rings is 1. The quantitative estimate of drug-likeness (QED) is 0.568. The Labute approximate surface area is 169 Å². The number of carbonyl (C=O) groups is 2. The van der Waals surface area contributed by atoms with Crippen LogP contribution in [0.5, 0.6) is 5.75 Å². The molecule has 1 N–H and O–H groups in total. The maximum atomic E-state index is 12.7. The van der Waals surface area contributed by atoms with Crippen molar-refractivity contribution < 1.29 is 14.3 Å². The summed E-state index contributed by atoms with van der Waals surface area (Å²) >= 11 is 7.81. The Balaban J connectivity index is 1.64. The first-order valence-corrected chi connectivity index (χ1v) is 10.0. The molecule has 2 amide bonds. The zero-order valence-corrected chi connectivity index (χ0v) is 17.0. The molecule has 1 aromatic carbocycles. The number of nitrogens with zero attached hydrogens (tertiary/aromatic N) is 3. The molecular weight excluding hydrogens is 404 g/mol. The molecule has 27 heavy (non-hydrogen) atoms. The number of methoxy groups -OCH3 is 1. The van der Waals surface area contributed by atoms with Crippen LogP contribution in [0.2, 0.25) is 0 Å². The van der Waals surface area contributed by atoms with Gasteiger partial charge in [0.25, 0.3) is 5.91 Å². The molecule has 1 saturated heterocycles. The Morgan fingerprint density at radius 1 is 1.37 bits per heavy atom. The highest BCUT2D eigenvalue weighted by atomic mass is 32.2. The SMILES string of the molecule is COc1ccccc1/C=C1/SC(=S)N(CCC(=O)Nc2nnc(C)s2)C1=O. The summed E-state index contributed by atoms with van der Waals surface area (Å²) in [5.74, 6) is 0.221. The Kier molecular flexibility index (Phi) is 6.19. The van der Waals surface area contributed by atoms with E-state index in [0.717, 1.165) is 10.6 Å². The molecule has 0 bridgehead atoms. The van der Waals surface area contributed by atoms with Gasteiger partial charge in [-0.1, -0.05) is 53.5 Å². The normalized spacial score (nSPS) is 15.5. The molecule has 0 saturated carbocycles. The van der Waals surface area contributed by atoms with Crippen molar-refractivity contribution >= 4 is 62.7 Å². The average molecular weight is 421 g/mol. The van der Waals surface area contributed by atoms with Crippen LogP contribution in [0, 0.1) is 6.92 Å². The van der Waals surface area contributed by atoms with Crippen LogP contribution in [-0.2, 0) is 9.59 Å². The fraction of sp³-hybridized carbons (Fsp3) is 0.235. The van der Waals surface area contributed by atoms with E-state index in [0.29, 0.717) is 20.1 Å². The van der Waals surface area contributed by atoms with E-state index >= 15 is 0 Å². The van der Waals surface area contributed by atoms with Crippen LogP contribution in [0.25, 0.3) is 6.08 Å². The van der Waals surface area contributed by atoms with Crippen LogP contribution in [-0.4, -0.2) is 44.9 Å². The lowest BCUT2D eigenvalue weighted by Gasteiger charge is -2.13. The minimum atomic E-state index is -0.242. The van der Waals surface area contributed by atoms with Gasteiger partial charge in [-0.3, -0.25) is 14.5 Å². The van der Waals surface area contributed by atoms with Gasteiger partial charge in [0.05, 0.1) is 12.0 Å². The van der Waals surface area contributed by atoms with Gasteiger partial charge < -0.3 is 10.1 Å². The molecule has 1 aromatic heterocycles. The molecule has 0 aliphatic carbocycles. The van der Waals surface area contributed by atoms with Gasteiger partial charge in [-0.25, -0.2) is 0 Å². The van der Waals surface area contributed by atoms with Crippen molar-refractivity contribution in [2.45, 2.75) is 13.3 Å². The summed E-state index contributed by atoms with van der Waals surface area (Å²) in [6.45, 7) is 2.01. The number of aryl methyl sites for hydroxylation is 1. The maximum Gasteiger partial charge on any atom is 0.266 e. The molecule has 0 spiro atoms. The van der Waals surface area contributed by atoms with Gasteiger partial charge in [0.15, 0.2) is 0 Å². The van der Waals surface area contributed by atoms with E-state index in [4.69, 9.17) is 17.0 Å². The topological polar surface area (TPSA) is 84.4 Å². The number of ether oxygens (including phenoxy) is 1. The zero-order valence-electron chi connectivity index (χ0n) is 14.6. The van der Waals surface area contributed by atoms with Gasteiger partial charge in [-0.15, -0.1) is 10.2 Å². The third-order valence-corrected chi connectivity index (χ3v) is 5.77. The van der Waals surface area contributed by atoms with E-state index in [9.17, 15) is 9.59 Å². The molecule has 2 aromatic rings. The molecule has 0 radical (unpaired) electrons. The lowest BCUT2D eigenvalue weighted by molar-refractivity contribution is -0.122. The number of hydrogen-bond donors (Lipinski definition) is 1. The van der Waals surface area contributed by atoms with Crippen molar-refractivity contribution in [3.05, 3.63) is 39.7 Å². The molecular formula is C17H16N4O3S3. The third kappa shape index (κ3) is 4.71. The summed E-state index contributed by atoms with van der Waals surface area (Å²) < 4.78 is 5.74.